The molecule has 21 heavy (non-hydrogen) atoms. The number of hydrogen-bond acceptors (Lipinski definition) is 2. The molecule has 1 unspecified atom stereocenters. The van der Waals surface area contributed by atoms with Gasteiger partial charge in [0, 0.05) is 26.8 Å². The van der Waals surface area contributed by atoms with Gasteiger partial charge >= 0.3 is 0 Å². The van der Waals surface area contributed by atoms with Crippen molar-refractivity contribution in [3.8, 4) is 0 Å². The van der Waals surface area contributed by atoms with Gasteiger partial charge in [0.25, 0.3) is 0 Å². The van der Waals surface area contributed by atoms with Gasteiger partial charge in [0.15, 0.2) is 0 Å². The Morgan fingerprint density at radius 2 is 2.05 bits per heavy atom. The van der Waals surface area contributed by atoms with Crippen molar-refractivity contribution in [3.05, 3.63) is 50.2 Å². The largest absolute Gasteiger partial charge is 0.324 e. The second-order valence-corrected chi connectivity index (χ2v) is 6.52. The van der Waals surface area contributed by atoms with Crippen LogP contribution in [-0.4, -0.2) is 9.78 Å². The number of aromatic nitrogens is 2. The van der Waals surface area contributed by atoms with E-state index < -0.39 is 0 Å². The van der Waals surface area contributed by atoms with E-state index in [0.29, 0.717) is 6.54 Å². The molecule has 2 N–H and O–H groups in total. The smallest absolute Gasteiger partial charge is 0.0677 e. The Labute approximate surface area is 139 Å². The minimum Gasteiger partial charge on any atom is -0.324 e. The van der Waals surface area contributed by atoms with E-state index in [0.717, 1.165) is 33.6 Å². The molecule has 0 amide bonds. The summed E-state index contributed by atoms with van der Waals surface area (Å²) in [6.45, 7) is 6.95. The molecule has 0 aliphatic rings. The van der Waals surface area contributed by atoms with E-state index in [2.05, 4.69) is 29.8 Å². The highest BCUT2D eigenvalue weighted by Crippen LogP contribution is 2.26. The third-order valence-electron chi connectivity index (χ3n) is 3.64. The maximum Gasteiger partial charge on any atom is 0.0677 e. The molecule has 1 atom stereocenters. The molecule has 0 aliphatic heterocycles. The molecule has 114 valence electrons. The highest BCUT2D eigenvalue weighted by molar-refractivity contribution is 9.10. The van der Waals surface area contributed by atoms with Crippen LogP contribution in [0.2, 0.25) is 5.02 Å². The maximum absolute atomic E-state index is 6.32. The van der Waals surface area contributed by atoms with Crippen molar-refractivity contribution < 1.29 is 0 Å². The normalized spacial score (nSPS) is 12.7. The predicted molar refractivity (Wildman–Crippen MR) is 91.8 cm³/mol. The topological polar surface area (TPSA) is 43.8 Å². The summed E-state index contributed by atoms with van der Waals surface area (Å²) in [5, 5.41) is 5.50. The van der Waals surface area contributed by atoms with Gasteiger partial charge in [-0.2, -0.15) is 5.10 Å². The minimum atomic E-state index is 0.00374. The summed E-state index contributed by atoms with van der Waals surface area (Å²) < 4.78 is 3.03. The quantitative estimate of drug-likeness (QED) is 0.842. The van der Waals surface area contributed by atoms with E-state index in [1.54, 1.807) is 0 Å². The van der Waals surface area contributed by atoms with Crippen LogP contribution in [0.4, 0.5) is 0 Å². The molecular formula is C16H21BrClN3. The van der Waals surface area contributed by atoms with Crippen LogP contribution in [0.5, 0.6) is 0 Å². The van der Waals surface area contributed by atoms with Crippen molar-refractivity contribution in [2.45, 2.75) is 46.2 Å². The first-order valence-electron chi connectivity index (χ1n) is 7.25. The third kappa shape index (κ3) is 3.50. The summed E-state index contributed by atoms with van der Waals surface area (Å²) in [6.07, 6.45) is 1.81. The third-order valence-corrected chi connectivity index (χ3v) is 4.48. The number of benzene rings is 1. The number of nitrogens with zero attached hydrogens (tertiary/aromatic N) is 2. The van der Waals surface area contributed by atoms with Crippen molar-refractivity contribution in [1.82, 2.24) is 9.78 Å². The molecule has 0 saturated carbocycles. The van der Waals surface area contributed by atoms with Gasteiger partial charge in [0.2, 0.25) is 0 Å². The number of hydrogen-bond donors (Lipinski definition) is 1. The fourth-order valence-corrected chi connectivity index (χ4v) is 3.40. The van der Waals surface area contributed by atoms with E-state index in [4.69, 9.17) is 22.4 Å². The molecule has 0 radical (unpaired) electrons. The van der Waals surface area contributed by atoms with Crippen LogP contribution in [0.1, 0.15) is 49.3 Å². The van der Waals surface area contributed by atoms with Crippen molar-refractivity contribution in [3.63, 3.8) is 0 Å². The number of nitrogens with two attached hydrogens (primary N) is 1. The fourth-order valence-electron chi connectivity index (χ4n) is 2.67. The van der Waals surface area contributed by atoms with Gasteiger partial charge in [0.05, 0.1) is 12.2 Å². The van der Waals surface area contributed by atoms with E-state index in [1.807, 2.05) is 29.8 Å². The van der Waals surface area contributed by atoms with E-state index in [9.17, 15) is 0 Å². The summed E-state index contributed by atoms with van der Waals surface area (Å²) in [7, 11) is 0. The van der Waals surface area contributed by atoms with E-state index in [-0.39, 0.29) is 6.04 Å². The van der Waals surface area contributed by atoms with Crippen LogP contribution in [0.15, 0.2) is 22.7 Å². The fraction of sp³-hybridized carbons (Fsp3) is 0.438. The highest BCUT2D eigenvalue weighted by Gasteiger charge is 2.18. The molecule has 1 aromatic carbocycles. The van der Waals surface area contributed by atoms with Crippen LogP contribution >= 0.6 is 27.5 Å². The minimum absolute atomic E-state index is 0.00374. The second-order valence-electron chi connectivity index (χ2n) is 5.20. The van der Waals surface area contributed by atoms with Crippen LogP contribution in [0, 0.1) is 0 Å². The van der Waals surface area contributed by atoms with Crippen molar-refractivity contribution in [2.24, 2.45) is 5.73 Å². The standard InChI is InChI=1S/C16H21BrClN3/c1-4-14-16(10(3)19)15(5-2)21(20-14)9-11-6-7-12(17)8-13(11)18/h6-8,10H,4-5,9,19H2,1-3H3. The zero-order valence-electron chi connectivity index (χ0n) is 12.7. The summed E-state index contributed by atoms with van der Waals surface area (Å²) in [6, 6.07) is 5.96. The first-order valence-corrected chi connectivity index (χ1v) is 8.42. The number of halogens is 2. The first kappa shape index (κ1) is 16.5. The average molecular weight is 371 g/mol. The Hall–Kier alpha value is -0.840. The van der Waals surface area contributed by atoms with Crippen molar-refractivity contribution in [2.75, 3.05) is 0 Å². The summed E-state index contributed by atoms with van der Waals surface area (Å²) in [5.41, 5.74) is 10.7. The predicted octanol–water partition coefficient (Wildman–Crippen LogP) is 4.49. The van der Waals surface area contributed by atoms with E-state index >= 15 is 0 Å². The molecule has 0 spiro atoms. The Morgan fingerprint density at radius 1 is 1.33 bits per heavy atom. The maximum atomic E-state index is 6.32. The highest BCUT2D eigenvalue weighted by atomic mass is 79.9. The number of rotatable bonds is 5. The van der Waals surface area contributed by atoms with Gasteiger partial charge in [-0.3, -0.25) is 4.68 Å². The lowest BCUT2D eigenvalue weighted by molar-refractivity contribution is 0.637. The Morgan fingerprint density at radius 3 is 2.57 bits per heavy atom. The molecule has 2 aromatic rings. The summed E-state index contributed by atoms with van der Waals surface area (Å²) >= 11 is 9.75. The summed E-state index contributed by atoms with van der Waals surface area (Å²) in [5.74, 6) is 0. The van der Waals surface area contributed by atoms with Gasteiger partial charge in [0.1, 0.15) is 0 Å². The molecule has 0 saturated heterocycles. The van der Waals surface area contributed by atoms with Gasteiger partial charge in [-0.25, -0.2) is 0 Å². The molecule has 1 aromatic heterocycles. The number of aryl methyl sites for hydroxylation is 1. The van der Waals surface area contributed by atoms with Gasteiger partial charge < -0.3 is 5.73 Å². The Balaban J connectivity index is 2.44. The lowest BCUT2D eigenvalue weighted by Crippen LogP contribution is -2.11. The molecule has 0 fully saturated rings. The van der Waals surface area contributed by atoms with Gasteiger partial charge in [-0.05, 0) is 37.5 Å². The lowest BCUT2D eigenvalue weighted by Gasteiger charge is -2.11. The Kier molecular flexibility index (Phi) is 5.47. The second kappa shape index (κ2) is 6.95. The zero-order chi connectivity index (χ0) is 15.6. The SMILES string of the molecule is CCc1nn(Cc2ccc(Br)cc2Cl)c(CC)c1C(C)N. The van der Waals surface area contributed by atoms with Crippen LogP contribution in [-0.2, 0) is 19.4 Å². The zero-order valence-corrected chi connectivity index (χ0v) is 15.0. The molecule has 1 heterocycles. The molecule has 2 rings (SSSR count). The van der Waals surface area contributed by atoms with Crippen molar-refractivity contribution in [1.29, 1.82) is 0 Å². The summed E-state index contributed by atoms with van der Waals surface area (Å²) in [4.78, 5) is 0. The first-order chi connectivity index (χ1) is 9.97. The van der Waals surface area contributed by atoms with Gasteiger partial charge in [-0.15, -0.1) is 0 Å². The molecule has 0 aliphatic carbocycles. The van der Waals surface area contributed by atoms with Gasteiger partial charge in [-0.1, -0.05) is 47.4 Å². The monoisotopic (exact) mass is 369 g/mol. The average Bonchev–Trinajstić information content (AvgIpc) is 2.79. The van der Waals surface area contributed by atoms with Crippen LogP contribution in [0.25, 0.3) is 0 Å². The molecular weight excluding hydrogens is 350 g/mol. The van der Waals surface area contributed by atoms with E-state index in [1.165, 1.54) is 11.3 Å². The molecule has 5 heteroatoms. The van der Waals surface area contributed by atoms with Crippen LogP contribution in [0.3, 0.4) is 0 Å². The lowest BCUT2D eigenvalue weighted by atomic mass is 10.0. The van der Waals surface area contributed by atoms with Crippen LogP contribution < -0.4 is 5.73 Å². The molecule has 3 nitrogen and oxygen atoms in total. The van der Waals surface area contributed by atoms with Crippen molar-refractivity contribution >= 4 is 27.5 Å². The Bertz CT molecular complexity index is 635. The molecule has 0 bridgehead atoms.